The van der Waals surface area contributed by atoms with Crippen LogP contribution in [0.1, 0.15) is 66.3 Å². The zero-order chi connectivity index (χ0) is 44.1. The van der Waals surface area contributed by atoms with E-state index in [2.05, 4.69) is 143 Å². The minimum absolute atomic E-state index is 0.237. The maximum atomic E-state index is 11.5. The number of benzene rings is 8. The Labute approximate surface area is 383 Å². The Morgan fingerprint density at radius 3 is 1.17 bits per heavy atom. The SMILES string of the molecule is N#Cc1c(-c2ccccc2)c(C#N)c(C23CC4CC(CC(c5cc(-n6c7ccccc7c7ccccc76)cc(-n6c7ccccc7c7ccccc76)c5)(C4)C2)C3)c(C#N)c1-c1ccccc1. The first-order valence-corrected chi connectivity index (χ1v) is 23.2. The molecule has 4 aliphatic rings. The van der Waals surface area contributed by atoms with E-state index in [1.807, 2.05) is 60.7 Å². The monoisotopic (exact) mass is 845 g/mol. The van der Waals surface area contributed by atoms with Gasteiger partial charge in [0.05, 0.1) is 38.8 Å². The molecule has 2 aromatic heterocycles. The molecule has 66 heavy (non-hydrogen) atoms. The predicted octanol–water partition coefficient (Wildman–Crippen LogP) is 14.6. The van der Waals surface area contributed by atoms with E-state index in [-0.39, 0.29) is 5.41 Å². The van der Waals surface area contributed by atoms with Crippen LogP contribution in [0.3, 0.4) is 0 Å². The van der Waals surface area contributed by atoms with Crippen molar-refractivity contribution < 1.29 is 0 Å². The Kier molecular flexibility index (Phi) is 8.37. The molecule has 5 heteroatoms. The van der Waals surface area contributed by atoms with Gasteiger partial charge in [-0.1, -0.05) is 133 Å². The van der Waals surface area contributed by atoms with Gasteiger partial charge in [-0.15, -0.1) is 0 Å². The maximum Gasteiger partial charge on any atom is 0.101 e. The van der Waals surface area contributed by atoms with Gasteiger partial charge in [0.25, 0.3) is 0 Å². The summed E-state index contributed by atoms with van der Waals surface area (Å²) in [6.45, 7) is 0. The van der Waals surface area contributed by atoms with Gasteiger partial charge in [-0.3, -0.25) is 0 Å². The fourth-order valence-electron chi connectivity index (χ4n) is 13.9. The lowest BCUT2D eigenvalue weighted by Gasteiger charge is -2.63. The van der Waals surface area contributed by atoms with Gasteiger partial charge >= 0.3 is 0 Å². The molecule has 4 fully saturated rings. The molecule has 4 bridgehead atoms. The second-order valence-electron chi connectivity index (χ2n) is 19.3. The lowest BCUT2D eigenvalue weighted by molar-refractivity contribution is -0.0283. The van der Waals surface area contributed by atoms with Crippen LogP contribution in [0.5, 0.6) is 0 Å². The standard InChI is InChI=1S/C61H43N5/c62-35-50-57(41-15-3-1-4-16-41)51(36-63)59(52(37-64)58(50)42-17-5-2-6-18-42)61-33-39-27-40(34-61)32-60(31-39,38-61)43-28-44(65-53-23-11-7-19-46(53)47-20-8-12-24-54(47)65)30-45(29-43)66-55-25-13-9-21-48(55)49-22-10-14-26-56(49)66/h1-26,28-30,39-40H,27,31-34,38H2. The number of para-hydroxylation sites is 4. The highest BCUT2D eigenvalue weighted by Crippen LogP contribution is 2.68. The first-order chi connectivity index (χ1) is 32.5. The van der Waals surface area contributed by atoms with Crippen LogP contribution in [0.25, 0.3) is 77.2 Å². The van der Waals surface area contributed by atoms with Gasteiger partial charge in [-0.2, -0.15) is 15.8 Å². The second-order valence-corrected chi connectivity index (χ2v) is 19.3. The maximum absolute atomic E-state index is 11.5. The van der Waals surface area contributed by atoms with E-state index < -0.39 is 5.41 Å². The molecule has 0 N–H and O–H groups in total. The number of hydrogen-bond donors (Lipinski definition) is 0. The van der Waals surface area contributed by atoms with Gasteiger partial charge in [-0.05, 0) is 126 Å². The van der Waals surface area contributed by atoms with Crippen LogP contribution in [0.2, 0.25) is 0 Å². The third-order valence-corrected chi connectivity index (χ3v) is 15.7. The number of aromatic nitrogens is 2. The Bertz CT molecular complexity index is 3440. The van der Waals surface area contributed by atoms with Gasteiger partial charge in [0.1, 0.15) is 18.2 Å². The van der Waals surface area contributed by atoms with Gasteiger partial charge < -0.3 is 9.13 Å². The van der Waals surface area contributed by atoms with Gasteiger partial charge in [0, 0.05) is 44.0 Å². The highest BCUT2D eigenvalue weighted by Gasteiger charge is 2.60. The average molecular weight is 846 g/mol. The van der Waals surface area contributed by atoms with Crippen LogP contribution in [0.15, 0.2) is 176 Å². The van der Waals surface area contributed by atoms with Crippen molar-refractivity contribution >= 4 is 43.6 Å². The van der Waals surface area contributed by atoms with Crippen LogP contribution < -0.4 is 0 Å². The van der Waals surface area contributed by atoms with Gasteiger partial charge in [0.15, 0.2) is 0 Å². The molecule has 0 spiro atoms. The molecule has 4 saturated carbocycles. The summed E-state index contributed by atoms with van der Waals surface area (Å²) in [5, 5.41) is 39.0. The summed E-state index contributed by atoms with van der Waals surface area (Å²) in [5.74, 6) is 0.822. The van der Waals surface area contributed by atoms with E-state index in [0.29, 0.717) is 39.7 Å². The summed E-state index contributed by atoms with van der Waals surface area (Å²) in [6.07, 6.45) is 5.88. The quantitative estimate of drug-likeness (QED) is 0.167. The van der Waals surface area contributed by atoms with Gasteiger partial charge in [0.2, 0.25) is 0 Å². The normalized spacial score (nSPS) is 20.7. The van der Waals surface area contributed by atoms with Crippen molar-refractivity contribution in [2.75, 3.05) is 0 Å². The molecule has 14 rings (SSSR count). The number of hydrogen-bond acceptors (Lipinski definition) is 3. The first kappa shape index (κ1) is 38.3. The molecule has 8 aromatic carbocycles. The average Bonchev–Trinajstić information content (AvgIpc) is 3.88. The van der Waals surface area contributed by atoms with Crippen molar-refractivity contribution in [3.63, 3.8) is 0 Å². The number of nitriles is 3. The van der Waals surface area contributed by atoms with E-state index in [4.69, 9.17) is 0 Å². The Morgan fingerprint density at radius 1 is 0.409 bits per heavy atom. The van der Waals surface area contributed by atoms with Crippen molar-refractivity contribution in [2.24, 2.45) is 11.8 Å². The zero-order valence-corrected chi connectivity index (χ0v) is 36.4. The summed E-state index contributed by atoms with van der Waals surface area (Å²) in [6, 6.07) is 70.1. The second kappa shape index (κ2) is 14.4. The fourth-order valence-corrected chi connectivity index (χ4v) is 13.9. The topological polar surface area (TPSA) is 81.2 Å². The van der Waals surface area contributed by atoms with E-state index in [0.717, 1.165) is 66.6 Å². The molecule has 10 aromatic rings. The van der Waals surface area contributed by atoms with Crippen molar-refractivity contribution in [2.45, 2.75) is 49.4 Å². The van der Waals surface area contributed by atoms with Crippen LogP contribution in [0.4, 0.5) is 0 Å². The number of nitrogens with zero attached hydrogens (tertiary/aromatic N) is 5. The van der Waals surface area contributed by atoms with E-state index in [9.17, 15) is 15.8 Å². The third kappa shape index (κ3) is 5.43. The lowest BCUT2D eigenvalue weighted by atomic mass is 9.41. The summed E-state index contributed by atoms with van der Waals surface area (Å²) in [4.78, 5) is 0. The van der Waals surface area contributed by atoms with Crippen LogP contribution in [-0.4, -0.2) is 9.13 Å². The molecule has 0 amide bonds. The molecule has 2 atom stereocenters. The smallest absolute Gasteiger partial charge is 0.101 e. The highest BCUT2D eigenvalue weighted by molar-refractivity contribution is 6.10. The van der Waals surface area contributed by atoms with Crippen molar-refractivity contribution in [1.82, 2.24) is 9.13 Å². The molecule has 5 nitrogen and oxygen atoms in total. The molecular formula is C61H43N5. The summed E-state index contributed by atoms with van der Waals surface area (Å²) >= 11 is 0. The molecule has 0 radical (unpaired) electrons. The summed E-state index contributed by atoms with van der Waals surface area (Å²) < 4.78 is 4.92. The summed E-state index contributed by atoms with van der Waals surface area (Å²) in [5.41, 5.74) is 12.7. The molecular weight excluding hydrogens is 803 g/mol. The number of rotatable bonds is 6. The molecule has 2 unspecified atom stereocenters. The van der Waals surface area contributed by atoms with Crippen molar-refractivity contribution in [1.29, 1.82) is 15.8 Å². The summed E-state index contributed by atoms with van der Waals surface area (Å²) in [7, 11) is 0. The minimum atomic E-state index is -0.461. The van der Waals surface area contributed by atoms with Crippen molar-refractivity contribution in [3.05, 3.63) is 204 Å². The molecule has 0 aliphatic heterocycles. The highest BCUT2D eigenvalue weighted by atomic mass is 15.0. The zero-order valence-electron chi connectivity index (χ0n) is 36.4. The lowest BCUT2D eigenvalue weighted by Crippen LogP contribution is -2.56. The van der Waals surface area contributed by atoms with E-state index in [1.165, 1.54) is 49.2 Å². The molecule has 312 valence electrons. The Hall–Kier alpha value is -8.17. The fraction of sp³-hybridized carbons (Fsp3) is 0.164. The third-order valence-electron chi connectivity index (χ3n) is 15.7. The minimum Gasteiger partial charge on any atom is -0.309 e. The number of fused-ring (bicyclic) bond motifs is 6. The Balaban J connectivity index is 1.10. The largest absolute Gasteiger partial charge is 0.309 e. The van der Waals surface area contributed by atoms with Crippen LogP contribution in [-0.2, 0) is 10.8 Å². The van der Waals surface area contributed by atoms with E-state index in [1.54, 1.807) is 0 Å². The molecule has 2 heterocycles. The van der Waals surface area contributed by atoms with E-state index >= 15 is 0 Å². The van der Waals surface area contributed by atoms with Gasteiger partial charge in [-0.25, -0.2) is 0 Å². The van der Waals surface area contributed by atoms with Crippen molar-refractivity contribution in [3.8, 4) is 51.8 Å². The Morgan fingerprint density at radius 2 is 0.773 bits per heavy atom. The first-order valence-electron chi connectivity index (χ1n) is 23.2. The van der Waals surface area contributed by atoms with Crippen LogP contribution >= 0.6 is 0 Å². The van der Waals surface area contributed by atoms with Crippen LogP contribution in [0, 0.1) is 45.8 Å². The molecule has 4 aliphatic carbocycles. The molecule has 0 saturated heterocycles. The predicted molar refractivity (Wildman–Crippen MR) is 265 cm³/mol.